The van der Waals surface area contributed by atoms with Gasteiger partial charge in [-0.1, -0.05) is 30.3 Å². The normalized spacial score (nSPS) is 18.6. The highest BCUT2D eigenvalue weighted by Gasteiger charge is 2.22. The first kappa shape index (κ1) is 16.9. The van der Waals surface area contributed by atoms with E-state index < -0.39 is 0 Å². The van der Waals surface area contributed by atoms with E-state index >= 15 is 0 Å². The molecule has 1 aromatic carbocycles. The number of carbonyl (C=O) groups is 1. The Hall–Kier alpha value is -1.43. The van der Waals surface area contributed by atoms with Crippen molar-refractivity contribution in [2.75, 3.05) is 32.8 Å². The van der Waals surface area contributed by atoms with Crippen molar-refractivity contribution in [3.05, 3.63) is 35.9 Å². The quantitative estimate of drug-likeness (QED) is 0.797. The lowest BCUT2D eigenvalue weighted by molar-refractivity contribution is -0.121. The van der Waals surface area contributed by atoms with Gasteiger partial charge in [-0.2, -0.15) is 0 Å². The van der Waals surface area contributed by atoms with Crippen LogP contribution in [0.1, 0.15) is 31.4 Å². The number of morpholine rings is 1. The van der Waals surface area contributed by atoms with E-state index in [1.807, 2.05) is 25.1 Å². The Morgan fingerprint density at radius 1 is 1.32 bits per heavy atom. The van der Waals surface area contributed by atoms with Gasteiger partial charge >= 0.3 is 0 Å². The van der Waals surface area contributed by atoms with E-state index in [1.165, 1.54) is 5.56 Å². The predicted octanol–water partition coefficient (Wildman–Crippen LogP) is 1.30. The number of ether oxygens (including phenoxy) is 1. The second kappa shape index (κ2) is 8.88. The van der Waals surface area contributed by atoms with Crippen LogP contribution in [0, 0.1) is 0 Å². The van der Waals surface area contributed by atoms with Crippen LogP contribution in [0.15, 0.2) is 30.3 Å². The van der Waals surface area contributed by atoms with Crippen LogP contribution in [0.25, 0.3) is 0 Å². The zero-order valence-corrected chi connectivity index (χ0v) is 13.3. The molecule has 2 unspecified atom stereocenters. The van der Waals surface area contributed by atoms with Gasteiger partial charge in [0.15, 0.2) is 0 Å². The first-order valence-corrected chi connectivity index (χ1v) is 8.06. The molecule has 1 aromatic rings. The number of rotatable bonds is 7. The Balaban J connectivity index is 1.94. The molecule has 0 aliphatic carbocycles. The number of carbonyl (C=O) groups excluding carboxylic acids is 1. The molecular weight excluding hydrogens is 278 g/mol. The Morgan fingerprint density at radius 3 is 2.64 bits per heavy atom. The summed E-state index contributed by atoms with van der Waals surface area (Å²) in [5.74, 6) is 0.0755. The number of hydrogen-bond acceptors (Lipinski definition) is 4. The summed E-state index contributed by atoms with van der Waals surface area (Å²) in [5.41, 5.74) is 6.94. The van der Waals surface area contributed by atoms with E-state index in [1.54, 1.807) is 0 Å². The minimum Gasteiger partial charge on any atom is -0.379 e. The molecule has 1 amide bonds. The Morgan fingerprint density at radius 2 is 2.00 bits per heavy atom. The van der Waals surface area contributed by atoms with Gasteiger partial charge in [0.1, 0.15) is 0 Å². The highest BCUT2D eigenvalue weighted by Crippen LogP contribution is 2.21. The van der Waals surface area contributed by atoms with Crippen molar-refractivity contribution in [1.29, 1.82) is 0 Å². The average molecular weight is 305 g/mol. The monoisotopic (exact) mass is 305 g/mol. The van der Waals surface area contributed by atoms with Crippen molar-refractivity contribution >= 4 is 5.91 Å². The molecular formula is C17H27N3O2. The van der Waals surface area contributed by atoms with Crippen molar-refractivity contribution in [3.63, 3.8) is 0 Å². The molecule has 5 nitrogen and oxygen atoms in total. The zero-order valence-electron chi connectivity index (χ0n) is 13.3. The molecule has 1 saturated heterocycles. The predicted molar refractivity (Wildman–Crippen MR) is 87.5 cm³/mol. The molecule has 0 radical (unpaired) electrons. The second-order valence-electron chi connectivity index (χ2n) is 5.89. The minimum atomic E-state index is 0.0647. The minimum absolute atomic E-state index is 0.0647. The maximum Gasteiger partial charge on any atom is 0.220 e. The Bertz CT molecular complexity index is 444. The molecule has 1 fully saturated rings. The third-order valence-corrected chi connectivity index (χ3v) is 3.99. The van der Waals surface area contributed by atoms with Gasteiger partial charge in [0.25, 0.3) is 0 Å². The number of nitrogens with two attached hydrogens (primary N) is 1. The first-order chi connectivity index (χ1) is 10.7. The van der Waals surface area contributed by atoms with Gasteiger partial charge in [0.05, 0.1) is 19.3 Å². The largest absolute Gasteiger partial charge is 0.379 e. The Kier molecular flexibility index (Phi) is 6.83. The SMILES string of the molecule is CC(N)CCC(=O)NCC(c1ccccc1)N1CCOCC1. The standard InChI is InChI=1S/C17H27N3O2/c1-14(18)7-8-17(21)19-13-16(15-5-3-2-4-6-15)20-9-11-22-12-10-20/h2-6,14,16H,7-13,18H2,1H3,(H,19,21). The van der Waals surface area contributed by atoms with Crippen molar-refractivity contribution in [2.45, 2.75) is 31.8 Å². The fourth-order valence-electron chi connectivity index (χ4n) is 2.68. The van der Waals surface area contributed by atoms with E-state index in [4.69, 9.17) is 10.5 Å². The second-order valence-corrected chi connectivity index (χ2v) is 5.89. The summed E-state index contributed by atoms with van der Waals surface area (Å²) in [5, 5.41) is 3.06. The molecule has 0 saturated carbocycles. The molecule has 22 heavy (non-hydrogen) atoms. The van der Waals surface area contributed by atoms with Crippen molar-refractivity contribution < 1.29 is 9.53 Å². The summed E-state index contributed by atoms with van der Waals surface area (Å²) in [6.45, 7) is 5.85. The van der Waals surface area contributed by atoms with Gasteiger partial charge < -0.3 is 15.8 Å². The molecule has 0 bridgehead atoms. The number of amides is 1. The number of benzene rings is 1. The van der Waals surface area contributed by atoms with E-state index in [0.717, 1.165) is 32.7 Å². The van der Waals surface area contributed by atoms with Crippen LogP contribution in [0.4, 0.5) is 0 Å². The van der Waals surface area contributed by atoms with Gasteiger partial charge in [-0.15, -0.1) is 0 Å². The van der Waals surface area contributed by atoms with Crippen LogP contribution in [0.2, 0.25) is 0 Å². The molecule has 2 rings (SSSR count). The fourth-order valence-corrected chi connectivity index (χ4v) is 2.68. The summed E-state index contributed by atoms with van der Waals surface area (Å²) in [7, 11) is 0. The first-order valence-electron chi connectivity index (χ1n) is 8.06. The van der Waals surface area contributed by atoms with Crippen molar-refractivity contribution in [1.82, 2.24) is 10.2 Å². The molecule has 2 atom stereocenters. The number of nitrogens with one attached hydrogen (secondary N) is 1. The average Bonchev–Trinajstić information content (AvgIpc) is 2.55. The maximum absolute atomic E-state index is 12.0. The van der Waals surface area contributed by atoms with Gasteiger partial charge in [0.2, 0.25) is 5.91 Å². The number of hydrogen-bond donors (Lipinski definition) is 2. The highest BCUT2D eigenvalue weighted by molar-refractivity contribution is 5.75. The Labute approximate surface area is 132 Å². The van der Waals surface area contributed by atoms with Crippen LogP contribution in [0.3, 0.4) is 0 Å². The van der Waals surface area contributed by atoms with Crippen molar-refractivity contribution in [2.24, 2.45) is 5.73 Å². The fraction of sp³-hybridized carbons (Fsp3) is 0.588. The summed E-state index contributed by atoms with van der Waals surface area (Å²) in [6.07, 6.45) is 1.21. The number of nitrogens with zero attached hydrogens (tertiary/aromatic N) is 1. The molecule has 1 heterocycles. The van der Waals surface area contributed by atoms with Gasteiger partial charge in [0, 0.05) is 32.1 Å². The summed E-state index contributed by atoms with van der Waals surface area (Å²) in [4.78, 5) is 14.3. The molecule has 1 aliphatic rings. The van der Waals surface area contributed by atoms with Gasteiger partial charge in [-0.3, -0.25) is 9.69 Å². The van der Waals surface area contributed by atoms with Gasteiger partial charge in [-0.05, 0) is 18.9 Å². The summed E-state index contributed by atoms with van der Waals surface area (Å²) >= 11 is 0. The molecule has 0 aromatic heterocycles. The van der Waals surface area contributed by atoms with Crippen LogP contribution >= 0.6 is 0 Å². The summed E-state index contributed by atoms with van der Waals surface area (Å²) in [6, 6.07) is 10.6. The van der Waals surface area contributed by atoms with Crippen LogP contribution in [0.5, 0.6) is 0 Å². The topological polar surface area (TPSA) is 67.6 Å². The lowest BCUT2D eigenvalue weighted by atomic mass is 10.0. The maximum atomic E-state index is 12.0. The highest BCUT2D eigenvalue weighted by atomic mass is 16.5. The van der Waals surface area contributed by atoms with Crippen LogP contribution in [-0.2, 0) is 9.53 Å². The van der Waals surface area contributed by atoms with Crippen molar-refractivity contribution in [3.8, 4) is 0 Å². The lowest BCUT2D eigenvalue weighted by Crippen LogP contribution is -2.43. The molecule has 5 heteroatoms. The molecule has 0 spiro atoms. The third kappa shape index (κ3) is 5.40. The third-order valence-electron chi connectivity index (χ3n) is 3.99. The summed E-state index contributed by atoms with van der Waals surface area (Å²) < 4.78 is 5.43. The van der Waals surface area contributed by atoms with E-state index in [9.17, 15) is 4.79 Å². The molecule has 1 aliphatic heterocycles. The zero-order chi connectivity index (χ0) is 15.8. The van der Waals surface area contributed by atoms with Crippen LogP contribution < -0.4 is 11.1 Å². The van der Waals surface area contributed by atoms with Gasteiger partial charge in [-0.25, -0.2) is 0 Å². The molecule has 122 valence electrons. The van der Waals surface area contributed by atoms with E-state index in [2.05, 4.69) is 22.3 Å². The van der Waals surface area contributed by atoms with Crippen LogP contribution in [-0.4, -0.2) is 49.7 Å². The van der Waals surface area contributed by atoms with E-state index in [-0.39, 0.29) is 18.0 Å². The lowest BCUT2D eigenvalue weighted by Gasteiger charge is -2.35. The smallest absolute Gasteiger partial charge is 0.220 e. The molecule has 3 N–H and O–H groups in total. The van der Waals surface area contributed by atoms with E-state index in [0.29, 0.717) is 13.0 Å².